The van der Waals surface area contributed by atoms with Crippen LogP contribution in [0.2, 0.25) is 0 Å². The molecule has 0 radical (unpaired) electrons. The van der Waals surface area contributed by atoms with Crippen LogP contribution in [0.15, 0.2) is 10.6 Å². The highest BCUT2D eigenvalue weighted by Gasteiger charge is 2.37. The highest BCUT2D eigenvalue weighted by Crippen LogP contribution is 2.19. The Hall–Kier alpha value is -1.89. The number of aryl methyl sites for hydroxylation is 1. The van der Waals surface area contributed by atoms with Crippen LogP contribution >= 0.6 is 0 Å². The molecule has 2 heterocycles. The maximum Gasteiger partial charge on any atom is 0.276 e. The minimum absolute atomic E-state index is 0.0320. The Balaban J connectivity index is 1.79. The summed E-state index contributed by atoms with van der Waals surface area (Å²) in [5.41, 5.74) is 0.286. The van der Waals surface area contributed by atoms with Gasteiger partial charge in [-0.2, -0.15) is 0 Å². The zero-order valence-electron chi connectivity index (χ0n) is 11.9. The number of rotatable bonds is 5. The lowest BCUT2D eigenvalue weighted by Crippen LogP contribution is -2.57. The first-order valence-corrected chi connectivity index (χ1v) is 6.53. The van der Waals surface area contributed by atoms with E-state index in [2.05, 4.69) is 10.5 Å². The van der Waals surface area contributed by atoms with Crippen LogP contribution in [0.1, 0.15) is 23.2 Å². The van der Waals surface area contributed by atoms with E-state index in [9.17, 15) is 9.59 Å². The largest absolute Gasteiger partial charge is 0.383 e. The molecule has 7 nitrogen and oxygen atoms in total. The third-order valence-electron chi connectivity index (χ3n) is 3.19. The number of carbonyl (C=O) groups is 2. The second-order valence-corrected chi connectivity index (χ2v) is 5.09. The molecule has 2 amide bonds. The molecule has 1 fully saturated rings. The lowest BCUT2D eigenvalue weighted by molar-refractivity contribution is -0.130. The van der Waals surface area contributed by atoms with Gasteiger partial charge < -0.3 is 19.5 Å². The van der Waals surface area contributed by atoms with Crippen molar-refractivity contribution in [3.8, 4) is 0 Å². The van der Waals surface area contributed by atoms with Gasteiger partial charge in [-0.15, -0.1) is 0 Å². The van der Waals surface area contributed by atoms with Crippen LogP contribution in [0.3, 0.4) is 0 Å². The molecular formula is C13H19N3O4. The van der Waals surface area contributed by atoms with Crippen LogP contribution in [0, 0.1) is 12.8 Å². The van der Waals surface area contributed by atoms with Gasteiger partial charge in [0, 0.05) is 32.3 Å². The van der Waals surface area contributed by atoms with Crippen molar-refractivity contribution in [1.29, 1.82) is 0 Å². The molecule has 1 aromatic rings. The summed E-state index contributed by atoms with van der Waals surface area (Å²) >= 11 is 0. The molecule has 1 aromatic heterocycles. The molecule has 1 unspecified atom stereocenters. The Morgan fingerprint density at radius 1 is 1.60 bits per heavy atom. The van der Waals surface area contributed by atoms with Gasteiger partial charge in [0.1, 0.15) is 5.76 Å². The smallest absolute Gasteiger partial charge is 0.276 e. The van der Waals surface area contributed by atoms with Crippen molar-refractivity contribution in [2.24, 2.45) is 5.92 Å². The molecule has 1 atom stereocenters. The van der Waals surface area contributed by atoms with Crippen LogP contribution in [0.4, 0.5) is 0 Å². The summed E-state index contributed by atoms with van der Waals surface area (Å²) in [5.74, 6) is 0.189. The van der Waals surface area contributed by atoms with E-state index in [-0.39, 0.29) is 29.5 Å². The Kier molecular flexibility index (Phi) is 4.39. The lowest BCUT2D eigenvalue weighted by atomic mass is 9.98. The first-order valence-electron chi connectivity index (χ1n) is 6.53. The molecular weight excluding hydrogens is 262 g/mol. The number of ether oxygens (including phenoxy) is 1. The quantitative estimate of drug-likeness (QED) is 0.833. The Morgan fingerprint density at radius 3 is 2.85 bits per heavy atom. The van der Waals surface area contributed by atoms with E-state index in [1.165, 1.54) is 0 Å². The van der Waals surface area contributed by atoms with E-state index < -0.39 is 0 Å². The monoisotopic (exact) mass is 281 g/mol. The van der Waals surface area contributed by atoms with Crippen LogP contribution < -0.4 is 5.32 Å². The van der Waals surface area contributed by atoms with Crippen molar-refractivity contribution in [2.75, 3.05) is 26.8 Å². The number of amides is 2. The van der Waals surface area contributed by atoms with E-state index in [1.807, 2.05) is 6.92 Å². The molecule has 0 aliphatic carbocycles. The molecule has 1 aliphatic heterocycles. The van der Waals surface area contributed by atoms with Crippen molar-refractivity contribution in [2.45, 2.75) is 19.9 Å². The molecule has 20 heavy (non-hydrogen) atoms. The number of nitrogens with zero attached hydrogens (tertiary/aromatic N) is 2. The summed E-state index contributed by atoms with van der Waals surface area (Å²) in [6.07, 6.45) is 0. The zero-order chi connectivity index (χ0) is 14.7. The topological polar surface area (TPSA) is 84.7 Å². The van der Waals surface area contributed by atoms with Crippen LogP contribution in [-0.2, 0) is 9.53 Å². The predicted octanol–water partition coefficient (Wildman–Crippen LogP) is 0.206. The van der Waals surface area contributed by atoms with Crippen molar-refractivity contribution >= 4 is 11.8 Å². The summed E-state index contributed by atoms with van der Waals surface area (Å²) in [6, 6.07) is 1.56. The Morgan fingerprint density at radius 2 is 2.30 bits per heavy atom. The molecule has 0 saturated carbocycles. The Bertz CT molecular complexity index is 494. The van der Waals surface area contributed by atoms with E-state index >= 15 is 0 Å². The highest BCUT2D eigenvalue weighted by molar-refractivity contribution is 5.94. The second kappa shape index (κ2) is 6.04. The van der Waals surface area contributed by atoms with Gasteiger partial charge in [0.25, 0.3) is 5.91 Å². The van der Waals surface area contributed by atoms with Crippen molar-refractivity contribution < 1.29 is 18.8 Å². The number of likely N-dealkylation sites (tertiary alicyclic amines) is 1. The standard InChI is InChI=1S/C13H19N3O4/c1-8(7-19-3)14-12(17)10-5-16(6-10)13(18)11-4-9(2)20-15-11/h4,8,10H,5-7H2,1-3H3,(H,14,17). The number of hydrogen-bond acceptors (Lipinski definition) is 5. The molecule has 0 bridgehead atoms. The summed E-state index contributed by atoms with van der Waals surface area (Å²) < 4.78 is 9.82. The molecule has 0 spiro atoms. The molecule has 2 rings (SSSR count). The molecule has 110 valence electrons. The fourth-order valence-electron chi connectivity index (χ4n) is 2.09. The van der Waals surface area contributed by atoms with E-state index in [1.54, 1.807) is 25.0 Å². The van der Waals surface area contributed by atoms with Crippen molar-refractivity contribution in [3.05, 3.63) is 17.5 Å². The number of aromatic nitrogens is 1. The van der Waals surface area contributed by atoms with E-state index in [4.69, 9.17) is 9.26 Å². The minimum atomic E-state index is -0.198. The summed E-state index contributed by atoms with van der Waals surface area (Å²) in [6.45, 7) is 4.90. The average molecular weight is 281 g/mol. The normalized spacial score (nSPS) is 16.6. The van der Waals surface area contributed by atoms with Gasteiger partial charge in [0.05, 0.1) is 12.5 Å². The fourth-order valence-corrected chi connectivity index (χ4v) is 2.09. The molecule has 0 aromatic carbocycles. The zero-order valence-corrected chi connectivity index (χ0v) is 11.9. The predicted molar refractivity (Wildman–Crippen MR) is 70.1 cm³/mol. The second-order valence-electron chi connectivity index (χ2n) is 5.09. The molecule has 1 N–H and O–H groups in total. The van der Waals surface area contributed by atoms with Crippen LogP contribution in [-0.4, -0.2) is 54.7 Å². The first kappa shape index (κ1) is 14.5. The SMILES string of the molecule is COCC(C)NC(=O)C1CN(C(=O)c2cc(C)on2)C1. The van der Waals surface area contributed by atoms with Crippen molar-refractivity contribution in [1.82, 2.24) is 15.4 Å². The Labute approximate surface area is 117 Å². The fraction of sp³-hybridized carbons (Fsp3) is 0.615. The molecule has 1 aliphatic rings. The maximum atomic E-state index is 12.0. The number of carbonyl (C=O) groups excluding carboxylic acids is 2. The van der Waals surface area contributed by atoms with E-state index in [0.29, 0.717) is 25.5 Å². The maximum absolute atomic E-state index is 12.0. The van der Waals surface area contributed by atoms with Gasteiger partial charge in [-0.3, -0.25) is 9.59 Å². The number of hydrogen-bond donors (Lipinski definition) is 1. The summed E-state index contributed by atoms with van der Waals surface area (Å²) in [5, 5.41) is 6.53. The van der Waals surface area contributed by atoms with Crippen molar-refractivity contribution in [3.63, 3.8) is 0 Å². The lowest BCUT2D eigenvalue weighted by Gasteiger charge is -2.38. The third kappa shape index (κ3) is 3.16. The van der Waals surface area contributed by atoms with Gasteiger partial charge >= 0.3 is 0 Å². The minimum Gasteiger partial charge on any atom is -0.383 e. The first-order chi connectivity index (χ1) is 9.51. The van der Waals surface area contributed by atoms with Gasteiger partial charge in [-0.25, -0.2) is 0 Å². The van der Waals surface area contributed by atoms with Gasteiger partial charge in [-0.05, 0) is 13.8 Å². The average Bonchev–Trinajstić information content (AvgIpc) is 2.73. The van der Waals surface area contributed by atoms with E-state index in [0.717, 1.165) is 0 Å². The molecule has 1 saturated heterocycles. The summed E-state index contributed by atoms with van der Waals surface area (Å²) in [4.78, 5) is 25.5. The van der Waals surface area contributed by atoms with Gasteiger partial charge in [0.15, 0.2) is 5.69 Å². The number of methoxy groups -OCH3 is 1. The third-order valence-corrected chi connectivity index (χ3v) is 3.19. The molecule has 7 heteroatoms. The van der Waals surface area contributed by atoms with Crippen LogP contribution in [0.5, 0.6) is 0 Å². The summed E-state index contributed by atoms with van der Waals surface area (Å²) in [7, 11) is 1.59. The van der Waals surface area contributed by atoms with Gasteiger partial charge in [-0.1, -0.05) is 5.16 Å². The van der Waals surface area contributed by atoms with Crippen LogP contribution in [0.25, 0.3) is 0 Å². The number of nitrogens with one attached hydrogen (secondary N) is 1. The van der Waals surface area contributed by atoms with Gasteiger partial charge in [0.2, 0.25) is 5.91 Å². The highest BCUT2D eigenvalue weighted by atomic mass is 16.5.